The van der Waals surface area contributed by atoms with Crippen molar-refractivity contribution in [2.75, 3.05) is 19.0 Å². The van der Waals surface area contributed by atoms with Gasteiger partial charge in [0, 0.05) is 18.0 Å². The van der Waals surface area contributed by atoms with Gasteiger partial charge in [-0.15, -0.1) is 5.10 Å². The second kappa shape index (κ2) is 9.52. The maximum Gasteiger partial charge on any atom is 0.246 e. The van der Waals surface area contributed by atoms with Crippen LogP contribution in [0.15, 0.2) is 73.1 Å². The fraction of sp³-hybridized carbons (Fsp3) is 0.174. The SMILES string of the molecule is CCOc1ccccc1NC(=O)Cn1nc(-c2cccc(OC)c2)n(-n2cccc2)c1=S. The number of methoxy groups -OCH3 is 1. The number of amides is 1. The van der Waals surface area contributed by atoms with Crippen LogP contribution in [0.4, 0.5) is 5.69 Å². The Balaban J connectivity index is 1.68. The predicted molar refractivity (Wildman–Crippen MR) is 125 cm³/mol. The lowest BCUT2D eigenvalue weighted by Gasteiger charge is -2.11. The van der Waals surface area contributed by atoms with E-state index in [-0.39, 0.29) is 12.5 Å². The van der Waals surface area contributed by atoms with Gasteiger partial charge in [0.2, 0.25) is 10.7 Å². The van der Waals surface area contributed by atoms with Crippen LogP contribution < -0.4 is 14.8 Å². The molecule has 9 heteroatoms. The molecule has 0 unspecified atom stereocenters. The van der Waals surface area contributed by atoms with Gasteiger partial charge in [0.1, 0.15) is 18.0 Å². The summed E-state index contributed by atoms with van der Waals surface area (Å²) in [6.45, 7) is 2.35. The highest BCUT2D eigenvalue weighted by atomic mass is 32.1. The van der Waals surface area contributed by atoms with Crippen LogP contribution in [-0.2, 0) is 11.3 Å². The summed E-state index contributed by atoms with van der Waals surface area (Å²) in [5.74, 6) is 1.64. The summed E-state index contributed by atoms with van der Waals surface area (Å²) >= 11 is 5.68. The van der Waals surface area contributed by atoms with Crippen molar-refractivity contribution in [3.63, 3.8) is 0 Å². The molecular weight excluding hydrogens is 426 g/mol. The molecule has 1 amide bonds. The minimum Gasteiger partial charge on any atom is -0.497 e. The largest absolute Gasteiger partial charge is 0.497 e. The second-order valence-corrected chi connectivity index (χ2v) is 7.21. The van der Waals surface area contributed by atoms with Gasteiger partial charge in [-0.25, -0.2) is 9.36 Å². The quantitative estimate of drug-likeness (QED) is 0.407. The van der Waals surface area contributed by atoms with E-state index in [4.69, 9.17) is 21.7 Å². The first-order chi connectivity index (χ1) is 15.6. The summed E-state index contributed by atoms with van der Waals surface area (Å²) in [6.07, 6.45) is 3.73. The van der Waals surface area contributed by atoms with Crippen LogP contribution in [0.25, 0.3) is 11.4 Å². The molecule has 0 aliphatic heterocycles. The number of benzene rings is 2. The number of hydrogen-bond donors (Lipinski definition) is 1. The van der Waals surface area contributed by atoms with Crippen molar-refractivity contribution >= 4 is 23.8 Å². The van der Waals surface area contributed by atoms with E-state index in [0.29, 0.717) is 34.4 Å². The fourth-order valence-electron chi connectivity index (χ4n) is 3.29. The number of rotatable bonds is 8. The Kier molecular flexibility index (Phi) is 6.37. The Morgan fingerprint density at radius 1 is 1.09 bits per heavy atom. The summed E-state index contributed by atoms with van der Waals surface area (Å²) < 4.78 is 16.4. The van der Waals surface area contributed by atoms with Gasteiger partial charge < -0.3 is 14.8 Å². The smallest absolute Gasteiger partial charge is 0.246 e. The number of nitrogens with zero attached hydrogens (tertiary/aromatic N) is 4. The molecule has 32 heavy (non-hydrogen) atoms. The number of nitrogens with one attached hydrogen (secondary N) is 1. The molecule has 0 spiro atoms. The minimum atomic E-state index is -0.261. The van der Waals surface area contributed by atoms with Gasteiger partial charge in [-0.3, -0.25) is 9.47 Å². The van der Waals surface area contributed by atoms with Crippen LogP contribution >= 0.6 is 12.2 Å². The summed E-state index contributed by atoms with van der Waals surface area (Å²) in [7, 11) is 1.61. The van der Waals surface area contributed by atoms with Crippen molar-refractivity contribution in [1.29, 1.82) is 0 Å². The van der Waals surface area contributed by atoms with Gasteiger partial charge in [-0.05, 0) is 55.5 Å². The molecule has 0 saturated heterocycles. The summed E-state index contributed by atoms with van der Waals surface area (Å²) in [6, 6.07) is 18.6. The molecule has 0 saturated carbocycles. The van der Waals surface area contributed by atoms with E-state index in [1.54, 1.807) is 17.9 Å². The first-order valence-electron chi connectivity index (χ1n) is 10.1. The highest BCUT2D eigenvalue weighted by Gasteiger charge is 2.17. The fourth-order valence-corrected chi connectivity index (χ4v) is 3.57. The van der Waals surface area contributed by atoms with E-state index >= 15 is 0 Å². The van der Waals surface area contributed by atoms with Gasteiger partial charge in [0.05, 0.1) is 19.4 Å². The van der Waals surface area contributed by atoms with Crippen molar-refractivity contribution in [3.8, 4) is 22.9 Å². The van der Waals surface area contributed by atoms with Crippen LogP contribution in [0.2, 0.25) is 0 Å². The molecule has 8 nitrogen and oxygen atoms in total. The zero-order valence-electron chi connectivity index (χ0n) is 17.8. The number of aromatic nitrogens is 4. The third-order valence-electron chi connectivity index (χ3n) is 4.72. The Bertz CT molecular complexity index is 1280. The molecule has 0 fully saturated rings. The summed E-state index contributed by atoms with van der Waals surface area (Å²) in [5, 5.41) is 7.54. The molecule has 0 atom stereocenters. The molecule has 0 aliphatic rings. The van der Waals surface area contributed by atoms with Crippen molar-refractivity contribution in [2.45, 2.75) is 13.5 Å². The van der Waals surface area contributed by atoms with Crippen LogP contribution in [0, 0.1) is 4.77 Å². The van der Waals surface area contributed by atoms with Gasteiger partial charge >= 0.3 is 0 Å². The van der Waals surface area contributed by atoms with Gasteiger partial charge in [0.25, 0.3) is 0 Å². The number of anilines is 1. The molecule has 4 aromatic rings. The van der Waals surface area contributed by atoms with Crippen molar-refractivity contribution in [3.05, 3.63) is 77.8 Å². The topological polar surface area (TPSA) is 75.2 Å². The van der Waals surface area contributed by atoms with E-state index in [1.807, 2.05) is 78.6 Å². The van der Waals surface area contributed by atoms with Gasteiger partial charge in [-0.1, -0.05) is 24.3 Å². The first-order valence-corrected chi connectivity index (χ1v) is 10.5. The third-order valence-corrected chi connectivity index (χ3v) is 5.10. The Morgan fingerprint density at radius 2 is 1.88 bits per heavy atom. The Hall–Kier alpha value is -3.85. The van der Waals surface area contributed by atoms with Crippen LogP contribution in [0.3, 0.4) is 0 Å². The molecule has 0 bridgehead atoms. The second-order valence-electron chi connectivity index (χ2n) is 6.85. The number of carbonyl (C=O) groups is 1. The monoisotopic (exact) mass is 449 g/mol. The van der Waals surface area contributed by atoms with Crippen molar-refractivity contribution in [1.82, 2.24) is 19.1 Å². The molecule has 4 rings (SSSR count). The molecule has 2 aromatic heterocycles. The highest BCUT2D eigenvalue weighted by molar-refractivity contribution is 7.71. The molecule has 164 valence electrons. The zero-order chi connectivity index (χ0) is 22.5. The number of para-hydroxylation sites is 2. The summed E-state index contributed by atoms with van der Waals surface area (Å²) in [5.41, 5.74) is 1.41. The lowest BCUT2D eigenvalue weighted by atomic mass is 10.2. The van der Waals surface area contributed by atoms with Crippen LogP contribution in [0.1, 0.15) is 6.92 Å². The Labute approximate surface area is 190 Å². The van der Waals surface area contributed by atoms with E-state index in [0.717, 1.165) is 5.56 Å². The number of ether oxygens (including phenoxy) is 2. The number of hydrogen-bond acceptors (Lipinski definition) is 5. The van der Waals surface area contributed by atoms with E-state index in [1.165, 1.54) is 4.68 Å². The molecule has 2 heterocycles. The van der Waals surface area contributed by atoms with Crippen LogP contribution in [-0.4, -0.2) is 38.8 Å². The zero-order valence-corrected chi connectivity index (χ0v) is 18.6. The molecule has 0 radical (unpaired) electrons. The maximum absolute atomic E-state index is 12.8. The first kappa shape index (κ1) is 21.4. The van der Waals surface area contributed by atoms with E-state index < -0.39 is 0 Å². The maximum atomic E-state index is 12.8. The van der Waals surface area contributed by atoms with Gasteiger partial charge in [-0.2, -0.15) is 0 Å². The number of carbonyl (C=O) groups excluding carboxylic acids is 1. The average molecular weight is 450 g/mol. The lowest BCUT2D eigenvalue weighted by Crippen LogP contribution is -2.20. The molecule has 2 aromatic carbocycles. The van der Waals surface area contributed by atoms with E-state index in [2.05, 4.69) is 10.4 Å². The average Bonchev–Trinajstić information content (AvgIpc) is 3.43. The Morgan fingerprint density at radius 3 is 2.62 bits per heavy atom. The third kappa shape index (κ3) is 4.42. The van der Waals surface area contributed by atoms with E-state index in [9.17, 15) is 4.79 Å². The minimum absolute atomic E-state index is 0.0511. The summed E-state index contributed by atoms with van der Waals surface area (Å²) in [4.78, 5) is 12.8. The van der Waals surface area contributed by atoms with Crippen molar-refractivity contribution in [2.24, 2.45) is 0 Å². The van der Waals surface area contributed by atoms with Gasteiger partial charge in [0.15, 0.2) is 5.82 Å². The molecular formula is C23H23N5O3S. The lowest BCUT2D eigenvalue weighted by molar-refractivity contribution is -0.116. The highest BCUT2D eigenvalue weighted by Crippen LogP contribution is 2.25. The van der Waals surface area contributed by atoms with Crippen molar-refractivity contribution < 1.29 is 14.3 Å². The normalized spacial score (nSPS) is 10.7. The molecule has 0 aliphatic carbocycles. The standard InChI is InChI=1S/C23H23N5O3S/c1-3-31-20-12-5-4-11-19(20)24-21(29)16-27-23(32)28(26-13-6-7-14-26)22(25-27)17-9-8-10-18(15-17)30-2/h4-15H,3,16H2,1-2H3,(H,24,29). The molecule has 1 N–H and O–H groups in total. The predicted octanol–water partition coefficient (Wildman–Crippen LogP) is 4.24. The van der Waals surface area contributed by atoms with Crippen LogP contribution in [0.5, 0.6) is 11.5 Å².